The summed E-state index contributed by atoms with van der Waals surface area (Å²) in [7, 11) is 1.65. The van der Waals surface area contributed by atoms with Gasteiger partial charge in [-0.15, -0.1) is 0 Å². The second-order valence-electron chi connectivity index (χ2n) is 6.57. The van der Waals surface area contributed by atoms with E-state index in [1.165, 1.54) is 0 Å². The number of ether oxygens (including phenoxy) is 1. The van der Waals surface area contributed by atoms with Crippen LogP contribution in [0, 0.1) is 0 Å². The highest BCUT2D eigenvalue weighted by Gasteiger charge is 2.37. The maximum absolute atomic E-state index is 12.6. The molecule has 1 aromatic heterocycles. The van der Waals surface area contributed by atoms with Crippen LogP contribution in [0.3, 0.4) is 0 Å². The fourth-order valence-corrected chi connectivity index (χ4v) is 3.49. The topological polar surface area (TPSA) is 86.5 Å². The molecule has 0 bridgehead atoms. The molecule has 0 saturated carbocycles. The molecule has 1 fully saturated rings. The van der Waals surface area contributed by atoms with Gasteiger partial charge in [-0.3, -0.25) is 14.5 Å². The number of nitrogens with zero attached hydrogens (tertiary/aromatic N) is 1. The Morgan fingerprint density at radius 2 is 2.15 bits per heavy atom. The van der Waals surface area contributed by atoms with Crippen LogP contribution in [0.2, 0.25) is 0 Å². The Bertz CT molecular complexity index is 740. The van der Waals surface area contributed by atoms with Crippen LogP contribution in [0.25, 0.3) is 10.9 Å². The molecule has 2 amide bonds. The standard InChI is InChI=1S/C19H26N4O3/c1-3-20-19(25)17-11-14(12-23(17)8-9-26-2)21-18(24)16-10-13-6-4-5-7-15(13)22-16/h4-7,10,14,17,22H,3,8-9,11-12H2,1-2H3,(H,20,25)(H,21,24)/t14-,17-/m0/s1. The van der Waals surface area contributed by atoms with E-state index < -0.39 is 0 Å². The van der Waals surface area contributed by atoms with Gasteiger partial charge in [0.1, 0.15) is 5.69 Å². The monoisotopic (exact) mass is 358 g/mol. The number of hydrogen-bond acceptors (Lipinski definition) is 4. The summed E-state index contributed by atoms with van der Waals surface area (Å²) in [5, 5.41) is 6.94. The first-order chi connectivity index (χ1) is 12.6. The summed E-state index contributed by atoms with van der Waals surface area (Å²) in [5.74, 6) is -0.139. The first-order valence-electron chi connectivity index (χ1n) is 9.01. The summed E-state index contributed by atoms with van der Waals surface area (Å²) >= 11 is 0. The fraction of sp³-hybridized carbons (Fsp3) is 0.474. The van der Waals surface area contributed by atoms with Crippen molar-refractivity contribution in [3.8, 4) is 0 Å². The molecule has 1 saturated heterocycles. The van der Waals surface area contributed by atoms with Crippen LogP contribution in [0.4, 0.5) is 0 Å². The molecule has 140 valence electrons. The quantitative estimate of drug-likeness (QED) is 0.692. The second-order valence-corrected chi connectivity index (χ2v) is 6.57. The molecule has 0 spiro atoms. The largest absolute Gasteiger partial charge is 0.383 e. The maximum Gasteiger partial charge on any atom is 0.267 e. The SMILES string of the molecule is CCNC(=O)[C@@H]1C[C@H](NC(=O)c2cc3ccccc3[nH]2)CN1CCOC. The van der Waals surface area contributed by atoms with Gasteiger partial charge in [-0.2, -0.15) is 0 Å². The van der Waals surface area contributed by atoms with Crippen molar-refractivity contribution in [3.05, 3.63) is 36.0 Å². The molecule has 1 aliphatic rings. The predicted molar refractivity (Wildman–Crippen MR) is 100 cm³/mol. The number of hydrogen-bond donors (Lipinski definition) is 3. The van der Waals surface area contributed by atoms with Crippen molar-refractivity contribution < 1.29 is 14.3 Å². The van der Waals surface area contributed by atoms with E-state index >= 15 is 0 Å². The van der Waals surface area contributed by atoms with Crippen molar-refractivity contribution in [3.63, 3.8) is 0 Å². The van der Waals surface area contributed by atoms with E-state index in [2.05, 4.69) is 20.5 Å². The maximum atomic E-state index is 12.6. The van der Waals surface area contributed by atoms with Gasteiger partial charge in [-0.25, -0.2) is 0 Å². The second kappa shape index (κ2) is 8.33. The van der Waals surface area contributed by atoms with E-state index in [4.69, 9.17) is 4.74 Å². The summed E-state index contributed by atoms with van der Waals surface area (Å²) in [6.07, 6.45) is 0.599. The van der Waals surface area contributed by atoms with Crippen molar-refractivity contribution in [2.24, 2.45) is 0 Å². The molecule has 2 atom stereocenters. The van der Waals surface area contributed by atoms with Crippen LogP contribution < -0.4 is 10.6 Å². The van der Waals surface area contributed by atoms with Gasteiger partial charge in [-0.05, 0) is 25.5 Å². The van der Waals surface area contributed by atoms with Crippen molar-refractivity contribution >= 4 is 22.7 Å². The first-order valence-corrected chi connectivity index (χ1v) is 9.01. The zero-order valence-electron chi connectivity index (χ0n) is 15.2. The number of fused-ring (bicyclic) bond motifs is 1. The molecule has 1 aliphatic heterocycles. The third-order valence-corrected chi connectivity index (χ3v) is 4.75. The highest BCUT2D eigenvalue weighted by molar-refractivity contribution is 5.98. The van der Waals surface area contributed by atoms with E-state index in [1.807, 2.05) is 37.3 Å². The Morgan fingerprint density at radius 3 is 2.88 bits per heavy atom. The molecule has 0 unspecified atom stereocenters. The Labute approximate surface area is 153 Å². The molecule has 7 heteroatoms. The number of likely N-dealkylation sites (tertiary alicyclic amines) is 1. The molecular formula is C19H26N4O3. The molecule has 2 heterocycles. The normalized spacial score (nSPS) is 20.4. The lowest BCUT2D eigenvalue weighted by Crippen LogP contribution is -2.44. The number of aromatic amines is 1. The van der Waals surface area contributed by atoms with Crippen LogP contribution in [-0.4, -0.2) is 67.1 Å². The Balaban J connectivity index is 1.66. The molecular weight excluding hydrogens is 332 g/mol. The molecule has 1 aromatic carbocycles. The Kier molecular flexibility index (Phi) is 5.90. The predicted octanol–water partition coefficient (Wildman–Crippen LogP) is 1.12. The van der Waals surface area contributed by atoms with Crippen LogP contribution in [-0.2, 0) is 9.53 Å². The lowest BCUT2D eigenvalue weighted by molar-refractivity contribution is -0.125. The van der Waals surface area contributed by atoms with Gasteiger partial charge >= 0.3 is 0 Å². The minimum absolute atomic E-state index is 0.00552. The summed E-state index contributed by atoms with van der Waals surface area (Å²) in [5.41, 5.74) is 1.47. The lowest BCUT2D eigenvalue weighted by atomic mass is 10.1. The highest BCUT2D eigenvalue weighted by atomic mass is 16.5. The minimum atomic E-state index is -0.238. The molecule has 7 nitrogen and oxygen atoms in total. The number of likely N-dealkylation sites (N-methyl/N-ethyl adjacent to an activating group) is 1. The van der Waals surface area contributed by atoms with Crippen LogP contribution >= 0.6 is 0 Å². The molecule has 26 heavy (non-hydrogen) atoms. The van der Waals surface area contributed by atoms with Crippen LogP contribution in [0.5, 0.6) is 0 Å². The number of aromatic nitrogens is 1. The van der Waals surface area contributed by atoms with E-state index in [0.717, 1.165) is 10.9 Å². The Morgan fingerprint density at radius 1 is 1.35 bits per heavy atom. The van der Waals surface area contributed by atoms with Crippen LogP contribution in [0.1, 0.15) is 23.8 Å². The van der Waals surface area contributed by atoms with Gasteiger partial charge in [0.2, 0.25) is 5.91 Å². The number of rotatable bonds is 7. The minimum Gasteiger partial charge on any atom is -0.383 e. The lowest BCUT2D eigenvalue weighted by Gasteiger charge is -2.22. The average Bonchev–Trinajstić information content (AvgIpc) is 3.24. The smallest absolute Gasteiger partial charge is 0.267 e. The van der Waals surface area contributed by atoms with Gasteiger partial charge in [0.25, 0.3) is 5.91 Å². The number of carbonyl (C=O) groups excluding carboxylic acids is 2. The van der Waals surface area contributed by atoms with Crippen molar-refractivity contribution in [1.29, 1.82) is 0 Å². The molecule has 3 rings (SSSR count). The molecule has 3 N–H and O–H groups in total. The number of benzene rings is 1. The zero-order valence-corrected chi connectivity index (χ0v) is 15.2. The van der Waals surface area contributed by atoms with E-state index in [0.29, 0.717) is 38.4 Å². The third kappa shape index (κ3) is 4.05. The average molecular weight is 358 g/mol. The summed E-state index contributed by atoms with van der Waals surface area (Å²) in [6.45, 7) is 4.35. The fourth-order valence-electron chi connectivity index (χ4n) is 3.49. The highest BCUT2D eigenvalue weighted by Crippen LogP contribution is 2.19. The number of amides is 2. The summed E-state index contributed by atoms with van der Waals surface area (Å²) in [6, 6.07) is 9.33. The number of nitrogens with one attached hydrogen (secondary N) is 3. The van der Waals surface area contributed by atoms with E-state index in [9.17, 15) is 9.59 Å². The number of methoxy groups -OCH3 is 1. The molecule has 0 radical (unpaired) electrons. The number of carbonyl (C=O) groups is 2. The number of H-pyrrole nitrogens is 1. The number of para-hydroxylation sites is 1. The zero-order chi connectivity index (χ0) is 18.5. The van der Waals surface area contributed by atoms with Gasteiger partial charge in [0.15, 0.2) is 0 Å². The van der Waals surface area contributed by atoms with E-state index in [1.54, 1.807) is 7.11 Å². The third-order valence-electron chi connectivity index (χ3n) is 4.75. The van der Waals surface area contributed by atoms with Crippen molar-refractivity contribution in [2.75, 3.05) is 33.4 Å². The van der Waals surface area contributed by atoms with Crippen LogP contribution in [0.15, 0.2) is 30.3 Å². The van der Waals surface area contributed by atoms with Gasteiger partial charge in [0, 0.05) is 43.7 Å². The Hall–Kier alpha value is -2.38. The molecule has 0 aliphatic carbocycles. The van der Waals surface area contributed by atoms with Gasteiger partial charge < -0.3 is 20.4 Å². The summed E-state index contributed by atoms with van der Waals surface area (Å²) in [4.78, 5) is 30.2. The molecule has 2 aromatic rings. The van der Waals surface area contributed by atoms with Crippen molar-refractivity contribution in [1.82, 2.24) is 20.5 Å². The van der Waals surface area contributed by atoms with E-state index in [-0.39, 0.29) is 23.9 Å². The summed E-state index contributed by atoms with van der Waals surface area (Å²) < 4.78 is 5.15. The first kappa shape index (κ1) is 18.4. The van der Waals surface area contributed by atoms with Gasteiger partial charge in [-0.1, -0.05) is 18.2 Å². The van der Waals surface area contributed by atoms with Crippen molar-refractivity contribution in [2.45, 2.75) is 25.4 Å². The van der Waals surface area contributed by atoms with Gasteiger partial charge in [0.05, 0.1) is 12.6 Å².